The van der Waals surface area contributed by atoms with E-state index >= 15 is 0 Å². The first kappa shape index (κ1) is 13.7. The van der Waals surface area contributed by atoms with Crippen LogP contribution in [0.4, 0.5) is 4.39 Å². The molecular formula is C18H19FN2O2. The van der Waals surface area contributed by atoms with Crippen molar-refractivity contribution in [1.29, 1.82) is 0 Å². The van der Waals surface area contributed by atoms with Crippen molar-refractivity contribution in [1.82, 2.24) is 9.55 Å². The summed E-state index contributed by atoms with van der Waals surface area (Å²) in [6.45, 7) is 1.49. The first-order valence-electron chi connectivity index (χ1n) is 8.27. The second kappa shape index (κ2) is 4.65. The van der Waals surface area contributed by atoms with E-state index in [9.17, 15) is 9.50 Å². The molecule has 2 fully saturated rings. The molecule has 1 aromatic carbocycles. The maximum absolute atomic E-state index is 13.7. The van der Waals surface area contributed by atoms with Gasteiger partial charge in [0.2, 0.25) is 0 Å². The van der Waals surface area contributed by atoms with Crippen LogP contribution in [0.5, 0.6) is 0 Å². The summed E-state index contributed by atoms with van der Waals surface area (Å²) in [5.74, 6) is -0.0695. The first-order valence-corrected chi connectivity index (χ1v) is 8.27. The molecule has 0 amide bonds. The number of rotatable bonds is 1. The number of hydrogen-bond donors (Lipinski definition) is 1. The number of halogens is 1. The van der Waals surface area contributed by atoms with Gasteiger partial charge in [0, 0.05) is 30.1 Å². The lowest BCUT2D eigenvalue weighted by Gasteiger charge is -2.56. The highest BCUT2D eigenvalue weighted by Crippen LogP contribution is 2.59. The summed E-state index contributed by atoms with van der Waals surface area (Å²) in [4.78, 5) is 4.23. The van der Waals surface area contributed by atoms with Crippen molar-refractivity contribution in [2.45, 2.75) is 31.4 Å². The van der Waals surface area contributed by atoms with Crippen LogP contribution in [-0.2, 0) is 4.74 Å². The summed E-state index contributed by atoms with van der Waals surface area (Å²) in [6, 6.07) is 5.02. The van der Waals surface area contributed by atoms with Crippen LogP contribution >= 0.6 is 0 Å². The Balaban J connectivity index is 1.53. The van der Waals surface area contributed by atoms with E-state index in [1.807, 2.05) is 6.07 Å². The molecule has 2 aromatic rings. The largest absolute Gasteiger partial charge is 0.392 e. The third kappa shape index (κ3) is 1.75. The summed E-state index contributed by atoms with van der Waals surface area (Å²) in [5.41, 5.74) is 2.99. The highest BCUT2D eigenvalue weighted by Gasteiger charge is 2.57. The van der Waals surface area contributed by atoms with E-state index in [0.717, 1.165) is 49.3 Å². The van der Waals surface area contributed by atoms with Crippen molar-refractivity contribution in [3.05, 3.63) is 42.1 Å². The lowest BCUT2D eigenvalue weighted by atomic mass is 9.53. The van der Waals surface area contributed by atoms with Gasteiger partial charge in [-0.15, -0.1) is 0 Å². The molecule has 2 aliphatic heterocycles. The molecule has 1 N–H and O–H groups in total. The Morgan fingerprint density at radius 1 is 1.30 bits per heavy atom. The summed E-state index contributed by atoms with van der Waals surface area (Å²) < 4.78 is 21.2. The molecule has 1 saturated carbocycles. The molecule has 3 heterocycles. The van der Waals surface area contributed by atoms with Gasteiger partial charge in [0.15, 0.2) is 0 Å². The van der Waals surface area contributed by atoms with Gasteiger partial charge in [0.05, 0.1) is 30.4 Å². The van der Waals surface area contributed by atoms with Crippen molar-refractivity contribution < 1.29 is 14.2 Å². The molecule has 1 aromatic heterocycles. The molecule has 23 heavy (non-hydrogen) atoms. The quantitative estimate of drug-likeness (QED) is 0.880. The normalized spacial score (nSPS) is 30.8. The van der Waals surface area contributed by atoms with Crippen LogP contribution < -0.4 is 0 Å². The number of fused-ring (bicyclic) bond motifs is 3. The predicted octanol–water partition coefficient (Wildman–Crippen LogP) is 2.77. The van der Waals surface area contributed by atoms with Gasteiger partial charge in [0.25, 0.3) is 0 Å². The van der Waals surface area contributed by atoms with Crippen LogP contribution in [0, 0.1) is 17.2 Å². The minimum absolute atomic E-state index is 0.0203. The van der Waals surface area contributed by atoms with Crippen molar-refractivity contribution in [3.8, 4) is 11.3 Å². The van der Waals surface area contributed by atoms with Crippen molar-refractivity contribution in [2.75, 3.05) is 13.2 Å². The summed E-state index contributed by atoms with van der Waals surface area (Å²) in [7, 11) is 0. The third-order valence-corrected chi connectivity index (χ3v) is 6.15. The molecule has 3 aliphatic rings. The average Bonchev–Trinajstić information content (AvgIpc) is 3.15. The van der Waals surface area contributed by atoms with Crippen LogP contribution in [0.3, 0.4) is 0 Å². The molecule has 1 unspecified atom stereocenters. The van der Waals surface area contributed by atoms with Gasteiger partial charge in [-0.25, -0.2) is 9.37 Å². The van der Waals surface area contributed by atoms with Gasteiger partial charge in [-0.3, -0.25) is 0 Å². The molecule has 5 rings (SSSR count). The van der Waals surface area contributed by atoms with Crippen molar-refractivity contribution in [3.63, 3.8) is 0 Å². The first-order chi connectivity index (χ1) is 11.2. The molecule has 1 aliphatic carbocycles. The summed E-state index contributed by atoms with van der Waals surface area (Å²) >= 11 is 0. The topological polar surface area (TPSA) is 47.3 Å². The Labute approximate surface area is 133 Å². The Morgan fingerprint density at radius 3 is 2.91 bits per heavy atom. The molecule has 5 heteroatoms. The Kier molecular flexibility index (Phi) is 2.77. The maximum atomic E-state index is 13.7. The van der Waals surface area contributed by atoms with E-state index < -0.39 is 0 Å². The van der Waals surface area contributed by atoms with Gasteiger partial charge >= 0.3 is 0 Å². The van der Waals surface area contributed by atoms with Gasteiger partial charge in [-0.05, 0) is 37.0 Å². The standard InChI is InChI=1S/C18H19FN2O2/c19-11-1-2-12-13(7-11)15-9-20-10-21(15)16(12)14-8-18(17(14)22)3-5-23-6-4-18/h1-2,7,9-10,14,16-17,22H,3-6,8H2/t14-,16?,17-/m1/s1. The number of aliphatic hydroxyl groups excluding tert-OH is 1. The monoisotopic (exact) mass is 314 g/mol. The van der Waals surface area contributed by atoms with E-state index in [4.69, 9.17) is 4.74 Å². The molecule has 1 spiro atoms. The fourth-order valence-corrected chi connectivity index (χ4v) is 4.89. The van der Waals surface area contributed by atoms with Crippen LogP contribution in [0.2, 0.25) is 0 Å². The van der Waals surface area contributed by atoms with E-state index in [0.29, 0.717) is 0 Å². The number of hydrogen-bond acceptors (Lipinski definition) is 3. The molecule has 1 saturated heterocycles. The summed E-state index contributed by atoms with van der Waals surface area (Å²) in [6.07, 6.45) is 6.13. The van der Waals surface area contributed by atoms with E-state index in [2.05, 4.69) is 9.55 Å². The number of aromatic nitrogens is 2. The highest BCUT2D eigenvalue weighted by atomic mass is 19.1. The molecule has 3 atom stereocenters. The van der Waals surface area contributed by atoms with Gasteiger partial charge in [-0.2, -0.15) is 0 Å². The van der Waals surface area contributed by atoms with Gasteiger partial charge in [-0.1, -0.05) is 6.07 Å². The molecule has 0 bridgehead atoms. The zero-order valence-corrected chi connectivity index (χ0v) is 12.8. The fraction of sp³-hybridized carbons (Fsp3) is 0.500. The number of aliphatic hydroxyl groups is 1. The smallest absolute Gasteiger partial charge is 0.123 e. The van der Waals surface area contributed by atoms with E-state index in [1.165, 1.54) is 6.07 Å². The SMILES string of the molecule is O[C@@H]1[C@@H](C2c3ccc(F)cc3-c3cncn32)CC12CCOCC2. The molecule has 120 valence electrons. The minimum atomic E-state index is -0.331. The van der Waals surface area contributed by atoms with Crippen LogP contribution in [-0.4, -0.2) is 34.0 Å². The predicted molar refractivity (Wildman–Crippen MR) is 82.4 cm³/mol. The number of ether oxygens (including phenoxy) is 1. The average molecular weight is 314 g/mol. The van der Waals surface area contributed by atoms with Crippen LogP contribution in [0.1, 0.15) is 30.9 Å². The Hall–Kier alpha value is -1.72. The zero-order chi connectivity index (χ0) is 15.6. The van der Waals surface area contributed by atoms with Crippen LogP contribution in [0.15, 0.2) is 30.7 Å². The lowest BCUT2D eigenvalue weighted by molar-refractivity contribution is -0.173. The summed E-state index contributed by atoms with van der Waals surface area (Å²) in [5, 5.41) is 10.9. The zero-order valence-electron chi connectivity index (χ0n) is 12.8. The Morgan fingerprint density at radius 2 is 2.13 bits per heavy atom. The third-order valence-electron chi connectivity index (χ3n) is 6.15. The van der Waals surface area contributed by atoms with E-state index in [1.54, 1.807) is 18.6 Å². The molecular weight excluding hydrogens is 295 g/mol. The second-order valence-corrected chi connectivity index (χ2v) is 7.15. The number of nitrogens with zero attached hydrogens (tertiary/aromatic N) is 2. The van der Waals surface area contributed by atoms with Gasteiger partial charge < -0.3 is 14.4 Å². The van der Waals surface area contributed by atoms with Gasteiger partial charge in [0.1, 0.15) is 5.82 Å². The molecule has 4 nitrogen and oxygen atoms in total. The number of imidazole rings is 1. The van der Waals surface area contributed by atoms with Crippen LogP contribution in [0.25, 0.3) is 11.3 Å². The highest BCUT2D eigenvalue weighted by molar-refractivity contribution is 5.69. The minimum Gasteiger partial charge on any atom is -0.392 e. The number of benzene rings is 1. The van der Waals surface area contributed by atoms with Crippen molar-refractivity contribution in [2.24, 2.45) is 11.3 Å². The fourth-order valence-electron chi connectivity index (χ4n) is 4.89. The second-order valence-electron chi connectivity index (χ2n) is 7.15. The van der Waals surface area contributed by atoms with Crippen molar-refractivity contribution >= 4 is 0 Å². The lowest BCUT2D eigenvalue weighted by Crippen LogP contribution is -2.57. The maximum Gasteiger partial charge on any atom is 0.123 e. The Bertz CT molecular complexity index is 766. The molecule has 0 radical (unpaired) electrons. The van der Waals surface area contributed by atoms with E-state index in [-0.39, 0.29) is 29.3 Å².